The lowest BCUT2D eigenvalue weighted by molar-refractivity contribution is -0.119. The van der Waals surface area contributed by atoms with Crippen LogP contribution in [0.3, 0.4) is 0 Å². The first-order valence-corrected chi connectivity index (χ1v) is 4.39. The monoisotopic (exact) mass is 194 g/mol. The van der Waals surface area contributed by atoms with Crippen LogP contribution in [-0.2, 0) is 11.3 Å². The van der Waals surface area contributed by atoms with E-state index in [9.17, 15) is 9.90 Å². The molecule has 14 heavy (non-hydrogen) atoms. The molecule has 0 fully saturated rings. The fourth-order valence-electron chi connectivity index (χ4n) is 1.13. The molecule has 76 valence electrons. The molecule has 1 aromatic carbocycles. The molecule has 4 nitrogen and oxygen atoms in total. The molecule has 0 atom stereocenters. The molecule has 0 saturated carbocycles. The quantitative estimate of drug-likeness (QED) is 0.646. The Kier molecular flexibility index (Phi) is 3.48. The highest BCUT2D eigenvalue weighted by atomic mass is 16.3. The lowest BCUT2D eigenvalue weighted by atomic mass is 10.1. The van der Waals surface area contributed by atoms with Crippen molar-refractivity contribution in [3.05, 3.63) is 29.3 Å². The van der Waals surface area contributed by atoms with E-state index in [2.05, 4.69) is 5.32 Å². The molecule has 1 rings (SSSR count). The van der Waals surface area contributed by atoms with E-state index in [1.807, 2.05) is 19.1 Å². The fraction of sp³-hybridized carbons (Fsp3) is 0.300. The average Bonchev–Trinajstić information content (AvgIpc) is 2.20. The van der Waals surface area contributed by atoms with E-state index in [1.54, 1.807) is 6.07 Å². The first-order valence-electron chi connectivity index (χ1n) is 4.39. The van der Waals surface area contributed by atoms with E-state index < -0.39 is 0 Å². The van der Waals surface area contributed by atoms with Crippen LogP contribution in [0.4, 0.5) is 0 Å². The molecule has 0 bridgehead atoms. The molecule has 0 aliphatic heterocycles. The minimum atomic E-state index is -0.231. The molecule has 1 amide bonds. The van der Waals surface area contributed by atoms with Crippen molar-refractivity contribution in [2.24, 2.45) is 5.73 Å². The minimum absolute atomic E-state index is 0.0351. The first kappa shape index (κ1) is 10.5. The standard InChI is InChI=1S/C10H14N2O2/c1-7-3-2-4-8(10(7)14)6-12-9(13)5-11/h2-4,14H,5-6,11H2,1H3,(H,12,13). The molecule has 0 aliphatic carbocycles. The lowest BCUT2D eigenvalue weighted by Gasteiger charge is -2.07. The number of para-hydroxylation sites is 1. The van der Waals surface area contributed by atoms with Gasteiger partial charge in [0.2, 0.25) is 5.91 Å². The van der Waals surface area contributed by atoms with Crippen LogP contribution in [0.25, 0.3) is 0 Å². The van der Waals surface area contributed by atoms with Crippen LogP contribution in [0.1, 0.15) is 11.1 Å². The Bertz CT molecular complexity index is 337. The molecule has 4 heteroatoms. The third kappa shape index (κ3) is 2.47. The number of amides is 1. The van der Waals surface area contributed by atoms with Crippen LogP contribution in [0.5, 0.6) is 5.75 Å². The molecule has 0 aliphatic rings. The van der Waals surface area contributed by atoms with E-state index in [4.69, 9.17) is 5.73 Å². The number of hydrogen-bond acceptors (Lipinski definition) is 3. The fourth-order valence-corrected chi connectivity index (χ4v) is 1.13. The van der Waals surface area contributed by atoms with Crippen LogP contribution in [0.15, 0.2) is 18.2 Å². The second kappa shape index (κ2) is 4.62. The van der Waals surface area contributed by atoms with Gasteiger partial charge < -0.3 is 16.2 Å². The van der Waals surface area contributed by atoms with Crippen molar-refractivity contribution in [3.63, 3.8) is 0 Å². The predicted octanol–water partition coefficient (Wildman–Crippen LogP) is 0.276. The second-order valence-corrected chi connectivity index (χ2v) is 3.06. The van der Waals surface area contributed by atoms with Crippen molar-refractivity contribution in [3.8, 4) is 5.75 Å². The number of phenols is 1. The van der Waals surface area contributed by atoms with E-state index in [-0.39, 0.29) is 18.2 Å². The smallest absolute Gasteiger partial charge is 0.234 e. The molecule has 0 aromatic heterocycles. The van der Waals surface area contributed by atoms with Gasteiger partial charge in [-0.15, -0.1) is 0 Å². The molecule has 0 unspecified atom stereocenters. The van der Waals surface area contributed by atoms with Gasteiger partial charge in [0.15, 0.2) is 0 Å². The number of aryl methyl sites for hydroxylation is 1. The summed E-state index contributed by atoms with van der Waals surface area (Å²) in [6.45, 7) is 2.08. The van der Waals surface area contributed by atoms with Crippen molar-refractivity contribution in [1.82, 2.24) is 5.32 Å². The molecule has 4 N–H and O–H groups in total. The summed E-state index contributed by atoms with van der Waals surface area (Å²) in [5, 5.41) is 12.2. The SMILES string of the molecule is Cc1cccc(CNC(=O)CN)c1O. The van der Waals surface area contributed by atoms with Gasteiger partial charge in [0.1, 0.15) is 5.75 Å². The number of benzene rings is 1. The summed E-state index contributed by atoms with van der Waals surface area (Å²) in [4.78, 5) is 10.9. The van der Waals surface area contributed by atoms with Gasteiger partial charge in [-0.1, -0.05) is 18.2 Å². The Balaban J connectivity index is 2.68. The van der Waals surface area contributed by atoms with Crippen molar-refractivity contribution >= 4 is 5.91 Å². The summed E-state index contributed by atoms with van der Waals surface area (Å²) in [6.07, 6.45) is 0. The average molecular weight is 194 g/mol. The molecular formula is C10H14N2O2. The summed E-state index contributed by atoms with van der Waals surface area (Å²) in [7, 11) is 0. The van der Waals surface area contributed by atoms with Crippen molar-refractivity contribution in [2.45, 2.75) is 13.5 Å². The highest BCUT2D eigenvalue weighted by Gasteiger charge is 2.04. The largest absolute Gasteiger partial charge is 0.507 e. The van der Waals surface area contributed by atoms with Gasteiger partial charge in [0.25, 0.3) is 0 Å². The van der Waals surface area contributed by atoms with E-state index in [1.165, 1.54) is 0 Å². The lowest BCUT2D eigenvalue weighted by Crippen LogP contribution is -2.29. The third-order valence-corrected chi connectivity index (χ3v) is 1.98. The Labute approximate surface area is 82.7 Å². The molecule has 0 radical (unpaired) electrons. The minimum Gasteiger partial charge on any atom is -0.507 e. The predicted molar refractivity (Wildman–Crippen MR) is 53.7 cm³/mol. The summed E-state index contributed by atoms with van der Waals surface area (Å²) >= 11 is 0. The van der Waals surface area contributed by atoms with Gasteiger partial charge in [-0.3, -0.25) is 4.79 Å². The van der Waals surface area contributed by atoms with E-state index in [0.29, 0.717) is 12.1 Å². The Morgan fingerprint density at radius 3 is 2.93 bits per heavy atom. The normalized spacial score (nSPS) is 9.86. The number of carbonyl (C=O) groups is 1. The number of nitrogens with two attached hydrogens (primary N) is 1. The second-order valence-electron chi connectivity index (χ2n) is 3.06. The highest BCUT2D eigenvalue weighted by molar-refractivity contribution is 5.77. The van der Waals surface area contributed by atoms with Gasteiger partial charge >= 0.3 is 0 Å². The number of hydrogen-bond donors (Lipinski definition) is 3. The van der Waals surface area contributed by atoms with Gasteiger partial charge in [-0.05, 0) is 12.5 Å². The zero-order valence-corrected chi connectivity index (χ0v) is 8.08. The highest BCUT2D eigenvalue weighted by Crippen LogP contribution is 2.20. The van der Waals surface area contributed by atoms with Gasteiger partial charge in [0.05, 0.1) is 6.54 Å². The van der Waals surface area contributed by atoms with Gasteiger partial charge in [0, 0.05) is 12.1 Å². The van der Waals surface area contributed by atoms with Crippen LogP contribution >= 0.6 is 0 Å². The summed E-state index contributed by atoms with van der Waals surface area (Å²) < 4.78 is 0. The van der Waals surface area contributed by atoms with Gasteiger partial charge in [-0.2, -0.15) is 0 Å². The van der Waals surface area contributed by atoms with Crippen molar-refractivity contribution in [2.75, 3.05) is 6.54 Å². The maximum absolute atomic E-state index is 10.9. The van der Waals surface area contributed by atoms with E-state index in [0.717, 1.165) is 5.56 Å². The Morgan fingerprint density at radius 1 is 1.57 bits per heavy atom. The topological polar surface area (TPSA) is 75.4 Å². The molecule has 0 heterocycles. The number of phenolic OH excluding ortho intramolecular Hbond substituents is 1. The van der Waals surface area contributed by atoms with Crippen molar-refractivity contribution in [1.29, 1.82) is 0 Å². The van der Waals surface area contributed by atoms with Crippen LogP contribution in [0.2, 0.25) is 0 Å². The number of aromatic hydroxyl groups is 1. The van der Waals surface area contributed by atoms with Crippen LogP contribution < -0.4 is 11.1 Å². The zero-order valence-electron chi connectivity index (χ0n) is 8.08. The summed E-state index contributed by atoms with van der Waals surface area (Å²) in [5.41, 5.74) is 6.63. The van der Waals surface area contributed by atoms with Crippen LogP contribution in [0, 0.1) is 6.92 Å². The summed E-state index contributed by atoms with van der Waals surface area (Å²) in [6, 6.07) is 5.40. The zero-order chi connectivity index (χ0) is 10.6. The van der Waals surface area contributed by atoms with Gasteiger partial charge in [-0.25, -0.2) is 0 Å². The summed E-state index contributed by atoms with van der Waals surface area (Å²) in [5.74, 6) is -0.00396. The Hall–Kier alpha value is -1.55. The van der Waals surface area contributed by atoms with Crippen LogP contribution in [-0.4, -0.2) is 17.6 Å². The molecule has 1 aromatic rings. The van der Waals surface area contributed by atoms with Crippen molar-refractivity contribution < 1.29 is 9.90 Å². The number of nitrogens with one attached hydrogen (secondary N) is 1. The maximum Gasteiger partial charge on any atom is 0.234 e. The Morgan fingerprint density at radius 2 is 2.29 bits per heavy atom. The number of rotatable bonds is 3. The molecule has 0 spiro atoms. The number of carbonyl (C=O) groups excluding carboxylic acids is 1. The molecular weight excluding hydrogens is 180 g/mol. The third-order valence-electron chi connectivity index (χ3n) is 1.98. The molecule has 0 saturated heterocycles. The first-order chi connectivity index (χ1) is 6.65. The van der Waals surface area contributed by atoms with E-state index >= 15 is 0 Å². The maximum atomic E-state index is 10.9.